The second-order valence-electron chi connectivity index (χ2n) is 6.84. The van der Waals surface area contributed by atoms with Crippen LogP contribution in [-0.2, 0) is 6.42 Å². The molecule has 0 radical (unpaired) electrons. The first-order chi connectivity index (χ1) is 12.1. The van der Waals surface area contributed by atoms with Crippen molar-refractivity contribution in [3.63, 3.8) is 0 Å². The second-order valence-corrected chi connectivity index (χ2v) is 6.84. The highest BCUT2D eigenvalue weighted by Gasteiger charge is 2.30. The summed E-state index contributed by atoms with van der Waals surface area (Å²) < 4.78 is 0. The SMILES string of the molecule is O=C1CC(c2ccccc2)Cc2[nH]c(=O)c(C(=O)N3CCCC3)cc21. The average Bonchev–Trinajstić information content (AvgIpc) is 3.16. The number of amides is 1. The van der Waals surface area contributed by atoms with E-state index in [1.165, 1.54) is 6.07 Å². The molecule has 1 atom stereocenters. The van der Waals surface area contributed by atoms with Gasteiger partial charge in [0, 0.05) is 30.8 Å². The van der Waals surface area contributed by atoms with Gasteiger partial charge >= 0.3 is 0 Å². The number of benzene rings is 1. The molecule has 1 saturated heterocycles. The fraction of sp³-hybridized carbons (Fsp3) is 0.350. The standard InChI is InChI=1S/C20H20N2O3/c23-18-11-14(13-6-2-1-3-7-13)10-17-15(18)12-16(19(24)21-17)20(25)22-8-4-5-9-22/h1-3,6-7,12,14H,4-5,8-11H2,(H,21,24). The van der Waals surface area contributed by atoms with E-state index in [1.807, 2.05) is 30.3 Å². The van der Waals surface area contributed by atoms with Crippen molar-refractivity contribution in [2.75, 3.05) is 13.1 Å². The Labute approximate surface area is 145 Å². The lowest BCUT2D eigenvalue weighted by atomic mass is 9.81. The van der Waals surface area contributed by atoms with Gasteiger partial charge in [-0.25, -0.2) is 0 Å². The topological polar surface area (TPSA) is 70.2 Å². The monoisotopic (exact) mass is 336 g/mol. The summed E-state index contributed by atoms with van der Waals surface area (Å²) in [6.45, 7) is 1.36. The van der Waals surface area contributed by atoms with Gasteiger partial charge in [-0.2, -0.15) is 0 Å². The smallest absolute Gasteiger partial charge is 0.261 e. The molecule has 5 nitrogen and oxygen atoms in total. The molecular weight excluding hydrogens is 316 g/mol. The Kier molecular flexibility index (Phi) is 3.99. The van der Waals surface area contributed by atoms with Crippen molar-refractivity contribution in [2.45, 2.75) is 31.6 Å². The van der Waals surface area contributed by atoms with Crippen molar-refractivity contribution in [3.8, 4) is 0 Å². The summed E-state index contributed by atoms with van der Waals surface area (Å²) in [6.07, 6.45) is 2.94. The van der Waals surface area contributed by atoms with Crippen LogP contribution in [0, 0.1) is 0 Å². The van der Waals surface area contributed by atoms with E-state index in [1.54, 1.807) is 4.90 Å². The summed E-state index contributed by atoms with van der Waals surface area (Å²) in [5.41, 5.74) is 1.94. The molecule has 1 aromatic heterocycles. The lowest BCUT2D eigenvalue weighted by Gasteiger charge is -2.24. The number of Topliss-reactive ketones (excluding diaryl/α,β-unsaturated/α-hetero) is 1. The van der Waals surface area contributed by atoms with Crippen LogP contribution in [0.2, 0.25) is 0 Å². The number of pyridine rings is 1. The highest BCUT2D eigenvalue weighted by atomic mass is 16.2. The Balaban J connectivity index is 1.67. The summed E-state index contributed by atoms with van der Waals surface area (Å²) in [4.78, 5) is 42.1. The zero-order valence-electron chi connectivity index (χ0n) is 14.0. The molecular formula is C20H20N2O3. The van der Waals surface area contributed by atoms with Crippen LogP contribution < -0.4 is 5.56 Å². The number of nitrogens with zero attached hydrogens (tertiary/aromatic N) is 1. The maximum atomic E-state index is 12.6. The maximum Gasteiger partial charge on any atom is 0.261 e. The highest BCUT2D eigenvalue weighted by Crippen LogP contribution is 2.31. The summed E-state index contributed by atoms with van der Waals surface area (Å²) in [5, 5.41) is 0. The van der Waals surface area contributed by atoms with Crippen LogP contribution in [0.4, 0.5) is 0 Å². The number of nitrogens with one attached hydrogen (secondary N) is 1. The molecule has 25 heavy (non-hydrogen) atoms. The van der Waals surface area contributed by atoms with E-state index < -0.39 is 5.56 Å². The largest absolute Gasteiger partial charge is 0.338 e. The molecule has 2 aromatic rings. The molecule has 4 rings (SSSR count). The Bertz CT molecular complexity index is 880. The number of rotatable bonds is 2. The van der Waals surface area contributed by atoms with E-state index in [-0.39, 0.29) is 23.2 Å². The first-order valence-electron chi connectivity index (χ1n) is 8.77. The predicted molar refractivity (Wildman–Crippen MR) is 94.0 cm³/mol. The minimum atomic E-state index is -0.392. The fourth-order valence-corrected chi connectivity index (χ4v) is 3.84. The molecule has 128 valence electrons. The van der Waals surface area contributed by atoms with Crippen LogP contribution in [0.25, 0.3) is 0 Å². The van der Waals surface area contributed by atoms with Gasteiger partial charge in [0.05, 0.1) is 0 Å². The number of hydrogen-bond acceptors (Lipinski definition) is 3. The number of hydrogen-bond donors (Lipinski definition) is 1. The van der Waals surface area contributed by atoms with Gasteiger partial charge in [0.2, 0.25) is 0 Å². The number of aromatic amines is 1. The molecule has 1 aromatic carbocycles. The summed E-state index contributed by atoms with van der Waals surface area (Å²) >= 11 is 0. The lowest BCUT2D eigenvalue weighted by Crippen LogP contribution is -2.34. The van der Waals surface area contributed by atoms with Crippen molar-refractivity contribution in [3.05, 3.63) is 69.1 Å². The molecule has 1 aliphatic heterocycles. The second kappa shape index (κ2) is 6.31. The Morgan fingerprint density at radius 3 is 2.48 bits per heavy atom. The van der Waals surface area contributed by atoms with E-state index in [2.05, 4.69) is 4.98 Å². The first kappa shape index (κ1) is 15.8. The number of likely N-dealkylation sites (tertiary alicyclic amines) is 1. The molecule has 0 spiro atoms. The first-order valence-corrected chi connectivity index (χ1v) is 8.77. The average molecular weight is 336 g/mol. The van der Waals surface area contributed by atoms with Gasteiger partial charge < -0.3 is 9.88 Å². The van der Waals surface area contributed by atoms with Gasteiger partial charge in [0.25, 0.3) is 11.5 Å². The third kappa shape index (κ3) is 2.90. The summed E-state index contributed by atoms with van der Waals surface area (Å²) in [7, 11) is 0. The van der Waals surface area contributed by atoms with Gasteiger partial charge in [-0.3, -0.25) is 14.4 Å². The van der Waals surface area contributed by atoms with Crippen LogP contribution in [0.3, 0.4) is 0 Å². The minimum absolute atomic E-state index is 0.0122. The van der Waals surface area contributed by atoms with Crippen molar-refractivity contribution < 1.29 is 9.59 Å². The van der Waals surface area contributed by atoms with Crippen molar-refractivity contribution in [1.29, 1.82) is 0 Å². The molecule has 0 bridgehead atoms. The molecule has 1 N–H and O–H groups in total. The minimum Gasteiger partial charge on any atom is -0.338 e. The Morgan fingerprint density at radius 1 is 1.04 bits per heavy atom. The molecule has 5 heteroatoms. The fourth-order valence-electron chi connectivity index (χ4n) is 3.84. The lowest BCUT2D eigenvalue weighted by molar-refractivity contribution is 0.0791. The van der Waals surface area contributed by atoms with Crippen LogP contribution >= 0.6 is 0 Å². The highest BCUT2D eigenvalue weighted by molar-refractivity contribution is 6.02. The number of carbonyl (C=O) groups excluding carboxylic acids is 2. The molecule has 2 aliphatic rings. The number of aromatic nitrogens is 1. The van der Waals surface area contributed by atoms with E-state index in [0.717, 1.165) is 18.4 Å². The molecule has 1 fully saturated rings. The zero-order valence-corrected chi connectivity index (χ0v) is 14.0. The van der Waals surface area contributed by atoms with Gasteiger partial charge in [-0.05, 0) is 36.8 Å². The molecule has 1 unspecified atom stereocenters. The third-order valence-electron chi connectivity index (χ3n) is 5.20. The van der Waals surface area contributed by atoms with Gasteiger partial charge in [0.1, 0.15) is 5.56 Å². The van der Waals surface area contributed by atoms with Crippen LogP contribution in [0.5, 0.6) is 0 Å². The number of ketones is 1. The van der Waals surface area contributed by atoms with Gasteiger partial charge in [-0.1, -0.05) is 30.3 Å². The predicted octanol–water partition coefficient (Wildman–Crippen LogP) is 2.52. The molecule has 0 saturated carbocycles. The zero-order chi connectivity index (χ0) is 17.4. The van der Waals surface area contributed by atoms with E-state index >= 15 is 0 Å². The van der Waals surface area contributed by atoms with Crippen molar-refractivity contribution >= 4 is 11.7 Å². The molecule has 1 amide bonds. The Morgan fingerprint density at radius 2 is 1.76 bits per heavy atom. The van der Waals surface area contributed by atoms with Gasteiger partial charge in [-0.15, -0.1) is 0 Å². The van der Waals surface area contributed by atoms with Crippen LogP contribution in [0.1, 0.15) is 57.2 Å². The van der Waals surface area contributed by atoms with E-state index in [0.29, 0.717) is 37.2 Å². The molecule has 1 aliphatic carbocycles. The summed E-state index contributed by atoms with van der Waals surface area (Å²) in [5.74, 6) is -0.210. The molecule has 2 heterocycles. The Hall–Kier alpha value is -2.69. The van der Waals surface area contributed by atoms with E-state index in [9.17, 15) is 14.4 Å². The quantitative estimate of drug-likeness (QED) is 0.916. The van der Waals surface area contributed by atoms with Crippen LogP contribution in [-0.4, -0.2) is 34.7 Å². The van der Waals surface area contributed by atoms with Crippen LogP contribution in [0.15, 0.2) is 41.2 Å². The third-order valence-corrected chi connectivity index (χ3v) is 5.20. The number of fused-ring (bicyclic) bond motifs is 1. The van der Waals surface area contributed by atoms with Crippen molar-refractivity contribution in [1.82, 2.24) is 9.88 Å². The normalized spacial score (nSPS) is 19.8. The number of carbonyl (C=O) groups is 2. The van der Waals surface area contributed by atoms with Gasteiger partial charge in [0.15, 0.2) is 5.78 Å². The summed E-state index contributed by atoms with van der Waals surface area (Å²) in [6, 6.07) is 11.4. The number of H-pyrrole nitrogens is 1. The van der Waals surface area contributed by atoms with E-state index in [4.69, 9.17) is 0 Å². The maximum absolute atomic E-state index is 12.6. The van der Waals surface area contributed by atoms with Crippen molar-refractivity contribution in [2.24, 2.45) is 0 Å².